The van der Waals surface area contributed by atoms with Gasteiger partial charge in [0.25, 0.3) is 0 Å². The zero-order valence-electron chi connectivity index (χ0n) is 11.8. The number of benzene rings is 1. The van der Waals surface area contributed by atoms with E-state index in [1.54, 1.807) is 6.20 Å². The predicted octanol–water partition coefficient (Wildman–Crippen LogP) is 3.04. The summed E-state index contributed by atoms with van der Waals surface area (Å²) in [4.78, 5) is 4.16. The van der Waals surface area contributed by atoms with Crippen molar-refractivity contribution in [1.29, 1.82) is 0 Å². The third-order valence-electron chi connectivity index (χ3n) is 4.56. The molecule has 1 aliphatic carbocycles. The standard InChI is InChI=1S/C17H18N4/c18-17(15-10-20-21-9-8-19-11-16(15)21)14-6-4-13(5-7-14)12-2-1-3-12/h4-12,17H,1-3,18H2. The van der Waals surface area contributed by atoms with Crippen LogP contribution in [0, 0.1) is 0 Å². The second-order valence-electron chi connectivity index (χ2n) is 5.78. The summed E-state index contributed by atoms with van der Waals surface area (Å²) in [6.07, 6.45) is 11.2. The molecule has 21 heavy (non-hydrogen) atoms. The van der Waals surface area contributed by atoms with Crippen molar-refractivity contribution in [2.24, 2.45) is 5.73 Å². The molecule has 2 heterocycles. The maximum absolute atomic E-state index is 6.42. The largest absolute Gasteiger partial charge is 0.320 e. The Hall–Kier alpha value is -2.20. The van der Waals surface area contributed by atoms with E-state index in [1.165, 1.54) is 24.8 Å². The van der Waals surface area contributed by atoms with Crippen LogP contribution < -0.4 is 5.73 Å². The van der Waals surface area contributed by atoms with Crippen LogP contribution in [0.25, 0.3) is 5.52 Å². The summed E-state index contributed by atoms with van der Waals surface area (Å²) in [6.45, 7) is 0. The summed E-state index contributed by atoms with van der Waals surface area (Å²) in [7, 11) is 0. The molecule has 0 saturated heterocycles. The number of hydrogen-bond acceptors (Lipinski definition) is 3. The van der Waals surface area contributed by atoms with Crippen molar-refractivity contribution in [3.05, 3.63) is 65.7 Å². The Balaban J connectivity index is 1.65. The Morgan fingerprint density at radius 3 is 2.67 bits per heavy atom. The number of aromatic nitrogens is 3. The van der Waals surface area contributed by atoms with Gasteiger partial charge in [-0.1, -0.05) is 30.7 Å². The SMILES string of the molecule is NC(c1ccc(C2CCC2)cc1)c1cnn2ccncc12. The van der Waals surface area contributed by atoms with Gasteiger partial charge in [-0.2, -0.15) is 5.10 Å². The molecule has 0 aliphatic heterocycles. The first-order valence-corrected chi connectivity index (χ1v) is 7.45. The Kier molecular flexibility index (Phi) is 2.97. The van der Waals surface area contributed by atoms with Gasteiger partial charge in [0.2, 0.25) is 0 Å². The molecule has 4 nitrogen and oxygen atoms in total. The van der Waals surface area contributed by atoms with Gasteiger partial charge in [0, 0.05) is 18.0 Å². The highest BCUT2D eigenvalue weighted by atomic mass is 15.2. The molecule has 2 aromatic heterocycles. The first kappa shape index (κ1) is 12.5. The molecule has 106 valence electrons. The van der Waals surface area contributed by atoms with Crippen molar-refractivity contribution in [3.63, 3.8) is 0 Å². The van der Waals surface area contributed by atoms with Crippen molar-refractivity contribution in [1.82, 2.24) is 14.6 Å². The van der Waals surface area contributed by atoms with E-state index in [0.717, 1.165) is 22.6 Å². The van der Waals surface area contributed by atoms with Gasteiger partial charge in [0.15, 0.2) is 0 Å². The van der Waals surface area contributed by atoms with Gasteiger partial charge in [-0.05, 0) is 29.9 Å². The number of nitrogens with two attached hydrogens (primary N) is 1. The minimum absolute atomic E-state index is 0.165. The number of rotatable bonds is 3. The van der Waals surface area contributed by atoms with Crippen LogP contribution >= 0.6 is 0 Å². The van der Waals surface area contributed by atoms with Gasteiger partial charge >= 0.3 is 0 Å². The normalized spacial score (nSPS) is 16.8. The molecule has 1 aromatic carbocycles. The summed E-state index contributed by atoms with van der Waals surface area (Å²) in [5.74, 6) is 0.761. The van der Waals surface area contributed by atoms with E-state index in [1.807, 2.05) is 23.1 Å². The highest BCUT2D eigenvalue weighted by Crippen LogP contribution is 2.36. The topological polar surface area (TPSA) is 56.2 Å². The minimum atomic E-state index is -0.165. The predicted molar refractivity (Wildman–Crippen MR) is 82.1 cm³/mol. The van der Waals surface area contributed by atoms with E-state index >= 15 is 0 Å². The Morgan fingerprint density at radius 1 is 1.14 bits per heavy atom. The van der Waals surface area contributed by atoms with E-state index in [-0.39, 0.29) is 6.04 Å². The van der Waals surface area contributed by atoms with E-state index in [2.05, 4.69) is 34.3 Å². The second kappa shape index (κ2) is 4.97. The lowest BCUT2D eigenvalue weighted by Crippen LogP contribution is -2.13. The number of hydrogen-bond donors (Lipinski definition) is 1. The van der Waals surface area contributed by atoms with Crippen molar-refractivity contribution in [2.75, 3.05) is 0 Å². The number of fused-ring (bicyclic) bond motifs is 1. The van der Waals surface area contributed by atoms with Gasteiger partial charge in [0.1, 0.15) is 0 Å². The zero-order valence-corrected chi connectivity index (χ0v) is 11.8. The average molecular weight is 278 g/mol. The lowest BCUT2D eigenvalue weighted by atomic mass is 9.80. The van der Waals surface area contributed by atoms with Gasteiger partial charge in [-0.25, -0.2) is 4.52 Å². The second-order valence-corrected chi connectivity index (χ2v) is 5.78. The molecule has 1 fully saturated rings. The quantitative estimate of drug-likeness (QED) is 0.801. The Morgan fingerprint density at radius 2 is 1.95 bits per heavy atom. The summed E-state index contributed by atoms with van der Waals surface area (Å²) in [5, 5.41) is 4.33. The molecule has 1 saturated carbocycles. The van der Waals surface area contributed by atoms with Crippen LogP contribution in [0.2, 0.25) is 0 Å². The smallest absolute Gasteiger partial charge is 0.0896 e. The van der Waals surface area contributed by atoms with Gasteiger partial charge in [-0.15, -0.1) is 0 Å². The molecule has 0 bridgehead atoms. The van der Waals surface area contributed by atoms with Crippen LogP contribution in [-0.4, -0.2) is 14.6 Å². The van der Waals surface area contributed by atoms with Crippen LogP contribution in [0.5, 0.6) is 0 Å². The fourth-order valence-corrected chi connectivity index (χ4v) is 2.99. The van der Waals surface area contributed by atoms with Gasteiger partial charge in [0.05, 0.1) is 24.0 Å². The molecule has 4 rings (SSSR count). The number of nitrogens with zero attached hydrogens (tertiary/aromatic N) is 3. The summed E-state index contributed by atoms with van der Waals surface area (Å²) < 4.78 is 1.81. The molecule has 3 aromatic rings. The molecule has 0 radical (unpaired) electrons. The third kappa shape index (κ3) is 2.12. The van der Waals surface area contributed by atoms with Gasteiger partial charge < -0.3 is 5.73 Å². The molecule has 4 heteroatoms. The molecular weight excluding hydrogens is 260 g/mol. The highest BCUT2D eigenvalue weighted by Gasteiger charge is 2.20. The van der Waals surface area contributed by atoms with Crippen LogP contribution in [0.4, 0.5) is 0 Å². The van der Waals surface area contributed by atoms with E-state index < -0.39 is 0 Å². The fourth-order valence-electron chi connectivity index (χ4n) is 2.99. The molecular formula is C17H18N4. The van der Waals surface area contributed by atoms with Crippen LogP contribution in [0.1, 0.15) is 47.9 Å². The van der Waals surface area contributed by atoms with Crippen LogP contribution in [-0.2, 0) is 0 Å². The molecule has 1 aliphatic rings. The van der Waals surface area contributed by atoms with E-state index in [4.69, 9.17) is 5.73 Å². The van der Waals surface area contributed by atoms with Crippen molar-refractivity contribution < 1.29 is 0 Å². The highest BCUT2D eigenvalue weighted by molar-refractivity contribution is 5.55. The molecule has 1 unspecified atom stereocenters. The molecule has 1 atom stereocenters. The lowest BCUT2D eigenvalue weighted by molar-refractivity contribution is 0.419. The van der Waals surface area contributed by atoms with Crippen molar-refractivity contribution >= 4 is 5.52 Å². The maximum atomic E-state index is 6.42. The van der Waals surface area contributed by atoms with Crippen molar-refractivity contribution in [3.8, 4) is 0 Å². The summed E-state index contributed by atoms with van der Waals surface area (Å²) in [5.41, 5.74) is 11.0. The lowest BCUT2D eigenvalue weighted by Gasteiger charge is -2.26. The van der Waals surface area contributed by atoms with Gasteiger partial charge in [-0.3, -0.25) is 4.98 Å². The molecule has 2 N–H and O–H groups in total. The van der Waals surface area contributed by atoms with E-state index in [0.29, 0.717) is 0 Å². The summed E-state index contributed by atoms with van der Waals surface area (Å²) in [6, 6.07) is 8.59. The molecule has 0 amide bonds. The molecule has 0 spiro atoms. The Bertz CT molecular complexity index is 756. The minimum Gasteiger partial charge on any atom is -0.320 e. The zero-order chi connectivity index (χ0) is 14.2. The monoisotopic (exact) mass is 278 g/mol. The van der Waals surface area contributed by atoms with Crippen molar-refractivity contribution in [2.45, 2.75) is 31.2 Å². The van der Waals surface area contributed by atoms with Crippen LogP contribution in [0.15, 0.2) is 49.1 Å². The Labute approximate surface area is 123 Å². The fraction of sp³-hybridized carbons (Fsp3) is 0.294. The maximum Gasteiger partial charge on any atom is 0.0896 e. The van der Waals surface area contributed by atoms with E-state index in [9.17, 15) is 0 Å². The third-order valence-corrected chi connectivity index (χ3v) is 4.56. The first-order valence-electron chi connectivity index (χ1n) is 7.45. The average Bonchev–Trinajstić information content (AvgIpc) is 2.89. The first-order chi connectivity index (χ1) is 10.3. The summed E-state index contributed by atoms with van der Waals surface area (Å²) >= 11 is 0. The van der Waals surface area contributed by atoms with Crippen LogP contribution in [0.3, 0.4) is 0 Å².